The van der Waals surface area contributed by atoms with Crippen LogP contribution in [0, 0.1) is 6.92 Å². The molecule has 0 atom stereocenters. The molecule has 29 heavy (non-hydrogen) atoms. The number of rotatable bonds is 5. The largest absolute Gasteiger partial charge is 0.489 e. The van der Waals surface area contributed by atoms with Crippen LogP contribution in [0.3, 0.4) is 0 Å². The molecular weight excluding hydrogens is 386 g/mol. The normalized spacial score (nSPS) is 13.9. The Bertz CT molecular complexity index is 1090. The van der Waals surface area contributed by atoms with E-state index < -0.39 is 11.8 Å². The number of hydrogen-bond donors (Lipinski definition) is 0. The first-order chi connectivity index (χ1) is 14.0. The van der Waals surface area contributed by atoms with Gasteiger partial charge in [0.15, 0.2) is 0 Å². The number of halogens is 1. The molecule has 1 heterocycles. The van der Waals surface area contributed by atoms with Crippen LogP contribution < -0.4 is 9.64 Å². The van der Waals surface area contributed by atoms with Crippen molar-refractivity contribution in [1.82, 2.24) is 0 Å². The highest BCUT2D eigenvalue weighted by molar-refractivity contribution is 6.60. The van der Waals surface area contributed by atoms with Crippen LogP contribution in [-0.2, 0) is 16.2 Å². The van der Waals surface area contributed by atoms with Gasteiger partial charge in [-0.1, -0.05) is 71.8 Å². The molecule has 0 bridgehead atoms. The van der Waals surface area contributed by atoms with Crippen LogP contribution in [0.25, 0.3) is 5.57 Å². The number of aryl methyl sites for hydroxylation is 1. The number of anilines is 1. The molecule has 0 unspecified atom stereocenters. The fourth-order valence-electron chi connectivity index (χ4n) is 3.14. The maximum Gasteiger partial charge on any atom is 0.277 e. The zero-order valence-electron chi connectivity index (χ0n) is 15.8. The Hall–Kier alpha value is -3.37. The Morgan fingerprint density at radius 1 is 0.828 bits per heavy atom. The van der Waals surface area contributed by atoms with Crippen LogP contribution in [0.1, 0.15) is 16.7 Å². The summed E-state index contributed by atoms with van der Waals surface area (Å²) in [7, 11) is 0. The van der Waals surface area contributed by atoms with Crippen molar-refractivity contribution in [2.45, 2.75) is 13.5 Å². The lowest BCUT2D eigenvalue weighted by Crippen LogP contribution is -2.31. The summed E-state index contributed by atoms with van der Waals surface area (Å²) in [6.07, 6.45) is 0. The monoisotopic (exact) mass is 403 g/mol. The Labute approximate surface area is 174 Å². The average molecular weight is 404 g/mol. The summed E-state index contributed by atoms with van der Waals surface area (Å²) in [6.45, 7) is 2.39. The lowest BCUT2D eigenvalue weighted by molar-refractivity contribution is -0.119. The van der Waals surface area contributed by atoms with E-state index in [2.05, 4.69) is 0 Å². The van der Waals surface area contributed by atoms with E-state index in [9.17, 15) is 9.59 Å². The summed E-state index contributed by atoms with van der Waals surface area (Å²) in [6, 6.07) is 24.0. The second-order valence-corrected chi connectivity index (χ2v) is 7.15. The first kappa shape index (κ1) is 19.0. The van der Waals surface area contributed by atoms with Crippen molar-refractivity contribution in [1.29, 1.82) is 0 Å². The standard InChI is InChI=1S/C24H18ClNO3/c1-16-7-9-18(10-8-16)21-22(25)24(28)26(23(21)27)19-11-13-20(14-12-19)29-15-17-5-3-2-4-6-17/h2-14H,15H2,1H3. The molecule has 0 saturated carbocycles. The molecule has 0 fully saturated rings. The van der Waals surface area contributed by atoms with Gasteiger partial charge >= 0.3 is 0 Å². The summed E-state index contributed by atoms with van der Waals surface area (Å²) in [5.41, 5.74) is 3.42. The van der Waals surface area contributed by atoms with Crippen LogP contribution in [0.4, 0.5) is 5.69 Å². The van der Waals surface area contributed by atoms with Crippen molar-refractivity contribution in [2.75, 3.05) is 4.90 Å². The molecule has 0 spiro atoms. The Morgan fingerprint density at radius 2 is 1.48 bits per heavy atom. The first-order valence-electron chi connectivity index (χ1n) is 9.17. The molecule has 1 aliphatic heterocycles. The van der Waals surface area contributed by atoms with E-state index in [0.717, 1.165) is 16.0 Å². The van der Waals surface area contributed by atoms with Gasteiger partial charge in [-0.2, -0.15) is 0 Å². The highest BCUT2D eigenvalue weighted by Gasteiger charge is 2.39. The second-order valence-electron chi connectivity index (χ2n) is 6.77. The summed E-state index contributed by atoms with van der Waals surface area (Å²) in [4.78, 5) is 26.7. The molecule has 0 aliphatic carbocycles. The maximum absolute atomic E-state index is 12.9. The van der Waals surface area contributed by atoms with Crippen LogP contribution >= 0.6 is 11.6 Å². The lowest BCUT2D eigenvalue weighted by Gasteiger charge is -2.15. The molecule has 1 aliphatic rings. The van der Waals surface area contributed by atoms with Gasteiger partial charge in [0.05, 0.1) is 11.3 Å². The predicted molar refractivity (Wildman–Crippen MR) is 114 cm³/mol. The summed E-state index contributed by atoms with van der Waals surface area (Å²) in [5, 5.41) is -0.0664. The molecule has 3 aromatic carbocycles. The number of benzene rings is 3. The smallest absolute Gasteiger partial charge is 0.277 e. The third-order valence-electron chi connectivity index (χ3n) is 4.71. The summed E-state index contributed by atoms with van der Waals surface area (Å²) < 4.78 is 5.76. The van der Waals surface area contributed by atoms with Crippen LogP contribution in [0.15, 0.2) is 83.9 Å². The first-order valence-corrected chi connectivity index (χ1v) is 9.55. The average Bonchev–Trinajstić information content (AvgIpc) is 2.97. The van der Waals surface area contributed by atoms with Gasteiger partial charge in [0.1, 0.15) is 17.4 Å². The number of imide groups is 1. The molecule has 0 N–H and O–H groups in total. The van der Waals surface area contributed by atoms with Gasteiger partial charge in [0, 0.05) is 0 Å². The molecule has 2 amide bonds. The van der Waals surface area contributed by atoms with Gasteiger partial charge in [-0.3, -0.25) is 9.59 Å². The van der Waals surface area contributed by atoms with Gasteiger partial charge in [-0.25, -0.2) is 4.90 Å². The van der Waals surface area contributed by atoms with E-state index in [1.165, 1.54) is 0 Å². The van der Waals surface area contributed by atoms with E-state index in [1.54, 1.807) is 36.4 Å². The fraction of sp³-hybridized carbons (Fsp3) is 0.0833. The van der Waals surface area contributed by atoms with Gasteiger partial charge in [0.25, 0.3) is 11.8 Å². The van der Waals surface area contributed by atoms with Crippen LogP contribution in [0.2, 0.25) is 0 Å². The van der Waals surface area contributed by atoms with Crippen molar-refractivity contribution in [3.63, 3.8) is 0 Å². The quantitative estimate of drug-likeness (QED) is 0.557. The molecule has 5 heteroatoms. The third-order valence-corrected chi connectivity index (χ3v) is 5.06. The van der Waals surface area contributed by atoms with Gasteiger partial charge < -0.3 is 4.74 Å². The van der Waals surface area contributed by atoms with Crippen molar-refractivity contribution >= 4 is 34.7 Å². The molecule has 3 aromatic rings. The van der Waals surface area contributed by atoms with Crippen LogP contribution in [0.5, 0.6) is 5.75 Å². The molecular formula is C24H18ClNO3. The number of hydrogen-bond acceptors (Lipinski definition) is 3. The predicted octanol–water partition coefficient (Wildman–Crippen LogP) is 5.10. The number of nitrogens with zero attached hydrogens (tertiary/aromatic N) is 1. The summed E-state index contributed by atoms with van der Waals surface area (Å²) in [5.74, 6) is -0.304. The topological polar surface area (TPSA) is 46.6 Å². The minimum Gasteiger partial charge on any atom is -0.489 e. The second kappa shape index (κ2) is 7.94. The van der Waals surface area contributed by atoms with E-state index >= 15 is 0 Å². The fourth-order valence-corrected chi connectivity index (χ4v) is 3.41. The minimum absolute atomic E-state index is 0.0664. The van der Waals surface area contributed by atoms with Crippen molar-refractivity contribution in [3.05, 3.63) is 101 Å². The van der Waals surface area contributed by atoms with Gasteiger partial charge in [0.2, 0.25) is 0 Å². The molecule has 0 radical (unpaired) electrons. The van der Waals surface area contributed by atoms with E-state index in [4.69, 9.17) is 16.3 Å². The van der Waals surface area contributed by atoms with Crippen molar-refractivity contribution < 1.29 is 14.3 Å². The van der Waals surface area contributed by atoms with Gasteiger partial charge in [-0.15, -0.1) is 0 Å². The van der Waals surface area contributed by atoms with Crippen molar-refractivity contribution in [3.8, 4) is 5.75 Å². The zero-order chi connectivity index (χ0) is 20.4. The summed E-state index contributed by atoms with van der Waals surface area (Å²) >= 11 is 6.23. The molecule has 0 saturated heterocycles. The Balaban J connectivity index is 1.52. The third kappa shape index (κ3) is 3.80. The molecule has 144 valence electrons. The number of ether oxygens (including phenoxy) is 1. The molecule has 0 aromatic heterocycles. The van der Waals surface area contributed by atoms with E-state index in [1.807, 2.05) is 49.4 Å². The highest BCUT2D eigenvalue weighted by atomic mass is 35.5. The van der Waals surface area contributed by atoms with Crippen LogP contribution in [-0.4, -0.2) is 11.8 Å². The molecule has 4 nitrogen and oxygen atoms in total. The highest BCUT2D eigenvalue weighted by Crippen LogP contribution is 2.35. The maximum atomic E-state index is 12.9. The minimum atomic E-state index is -0.523. The lowest BCUT2D eigenvalue weighted by atomic mass is 10.0. The zero-order valence-corrected chi connectivity index (χ0v) is 16.5. The Morgan fingerprint density at radius 3 is 2.14 bits per heavy atom. The van der Waals surface area contributed by atoms with Gasteiger partial charge in [-0.05, 0) is 42.3 Å². The van der Waals surface area contributed by atoms with Crippen molar-refractivity contribution in [2.24, 2.45) is 0 Å². The van der Waals surface area contributed by atoms with E-state index in [-0.39, 0.29) is 10.6 Å². The number of carbonyl (C=O) groups is 2. The number of carbonyl (C=O) groups excluding carboxylic acids is 2. The molecule has 4 rings (SSSR count). The SMILES string of the molecule is Cc1ccc(C2=C(Cl)C(=O)N(c3ccc(OCc4ccccc4)cc3)C2=O)cc1. The Kier molecular flexibility index (Phi) is 5.19. The number of amides is 2. The van der Waals surface area contributed by atoms with E-state index in [0.29, 0.717) is 23.6 Å².